The van der Waals surface area contributed by atoms with Gasteiger partial charge in [-0.3, -0.25) is 4.57 Å². The summed E-state index contributed by atoms with van der Waals surface area (Å²) in [5.41, 5.74) is 4.09. The highest BCUT2D eigenvalue weighted by Gasteiger charge is 2.53. The lowest BCUT2D eigenvalue weighted by Crippen LogP contribution is -2.41. The van der Waals surface area contributed by atoms with Gasteiger partial charge in [-0.25, -0.2) is 23.7 Å². The first-order valence-corrected chi connectivity index (χ1v) is 6.16. The molecule has 0 saturated carbocycles. The van der Waals surface area contributed by atoms with Gasteiger partial charge in [-0.1, -0.05) is 0 Å². The van der Waals surface area contributed by atoms with E-state index in [1.165, 1.54) is 17.2 Å². The summed E-state index contributed by atoms with van der Waals surface area (Å²) in [7, 11) is 0. The number of aliphatic hydroxyl groups excluding tert-OH is 2. The van der Waals surface area contributed by atoms with Crippen LogP contribution in [0.25, 0.3) is 11.2 Å². The number of alkyl halides is 2. The van der Waals surface area contributed by atoms with Crippen LogP contribution in [0.2, 0.25) is 0 Å². The fourth-order valence-corrected chi connectivity index (χ4v) is 2.43. The fourth-order valence-electron chi connectivity index (χ4n) is 2.43. The topological polar surface area (TPSA) is 119 Å². The molecular weight excluding hydrogens is 288 g/mol. The van der Waals surface area contributed by atoms with Gasteiger partial charge >= 0.3 is 0 Å². The second kappa shape index (κ2) is 4.83. The normalized spacial score (nSPS) is 29.6. The molecule has 10 heteroatoms. The first kappa shape index (κ1) is 14.0. The average Bonchev–Trinajstić information content (AvgIpc) is 3.01. The number of nitrogen functional groups attached to an aromatic ring is 1. The molecule has 2 aromatic rings. The molecule has 0 spiro atoms. The summed E-state index contributed by atoms with van der Waals surface area (Å²) < 4.78 is 32.7. The minimum absolute atomic E-state index is 0.133. The van der Waals surface area contributed by atoms with Gasteiger partial charge in [0.1, 0.15) is 17.9 Å². The van der Waals surface area contributed by atoms with Gasteiger partial charge in [-0.05, 0) is 0 Å². The highest BCUT2D eigenvalue weighted by molar-refractivity contribution is 5.81. The summed E-state index contributed by atoms with van der Waals surface area (Å²) in [6.07, 6.45) is -3.22. The summed E-state index contributed by atoms with van der Waals surface area (Å²) in [5, 5.41) is 19.2. The Bertz CT molecular complexity index is 666. The SMILES string of the molecule is Nc1ncnc2c1ncn2C1OC(CO)(C(F)F)CC1O. The number of anilines is 1. The monoisotopic (exact) mass is 301 g/mol. The smallest absolute Gasteiger partial charge is 0.269 e. The number of ether oxygens (including phenoxy) is 1. The first-order chi connectivity index (χ1) is 9.98. The second-order valence-corrected chi connectivity index (χ2v) is 4.89. The van der Waals surface area contributed by atoms with Crippen LogP contribution in [0.1, 0.15) is 12.6 Å². The summed E-state index contributed by atoms with van der Waals surface area (Å²) in [5.74, 6) is 0.133. The third-order valence-corrected chi connectivity index (χ3v) is 3.57. The molecular formula is C11H13F2N5O3. The molecule has 21 heavy (non-hydrogen) atoms. The molecule has 1 fully saturated rings. The Kier molecular flexibility index (Phi) is 3.23. The summed E-state index contributed by atoms with van der Waals surface area (Å²) in [4.78, 5) is 11.7. The van der Waals surface area contributed by atoms with Crippen LogP contribution >= 0.6 is 0 Å². The van der Waals surface area contributed by atoms with Crippen LogP contribution in [0.5, 0.6) is 0 Å². The molecule has 3 rings (SSSR count). The molecule has 4 N–H and O–H groups in total. The van der Waals surface area contributed by atoms with Crippen LogP contribution in [0.3, 0.4) is 0 Å². The number of aliphatic hydroxyl groups is 2. The van der Waals surface area contributed by atoms with E-state index >= 15 is 0 Å². The van der Waals surface area contributed by atoms with Crippen molar-refractivity contribution >= 4 is 17.0 Å². The Balaban J connectivity index is 2.02. The molecule has 0 bridgehead atoms. The van der Waals surface area contributed by atoms with Gasteiger partial charge in [0.2, 0.25) is 0 Å². The quantitative estimate of drug-likeness (QED) is 0.711. The van der Waals surface area contributed by atoms with E-state index in [4.69, 9.17) is 10.5 Å². The van der Waals surface area contributed by atoms with Gasteiger partial charge in [-0.15, -0.1) is 0 Å². The van der Waals surface area contributed by atoms with Crippen LogP contribution in [0.4, 0.5) is 14.6 Å². The standard InChI is InChI=1S/C11H13F2N5O3/c12-10(13)11(2-19)1-5(20)9(21-11)18-4-17-6-7(14)15-3-16-8(6)18/h3-5,9-10,19-20H,1-2H2,(H2,14,15,16). The van der Waals surface area contributed by atoms with Crippen LogP contribution in [0.15, 0.2) is 12.7 Å². The number of halogens is 2. The Morgan fingerprint density at radius 3 is 2.86 bits per heavy atom. The minimum atomic E-state index is -2.93. The van der Waals surface area contributed by atoms with Gasteiger partial charge < -0.3 is 20.7 Å². The predicted octanol–water partition coefficient (Wildman–Crippen LogP) is -0.316. The molecule has 1 saturated heterocycles. The van der Waals surface area contributed by atoms with Gasteiger partial charge in [0.15, 0.2) is 23.3 Å². The fraction of sp³-hybridized carbons (Fsp3) is 0.545. The zero-order valence-corrected chi connectivity index (χ0v) is 10.7. The number of aromatic nitrogens is 4. The van der Waals surface area contributed by atoms with E-state index in [9.17, 15) is 19.0 Å². The summed E-state index contributed by atoms with van der Waals surface area (Å²) in [6, 6.07) is 0. The Labute approximate surface area is 117 Å². The summed E-state index contributed by atoms with van der Waals surface area (Å²) >= 11 is 0. The van der Waals surface area contributed by atoms with Gasteiger partial charge in [-0.2, -0.15) is 0 Å². The van der Waals surface area contributed by atoms with Gasteiger partial charge in [0.05, 0.1) is 12.9 Å². The van der Waals surface area contributed by atoms with E-state index in [2.05, 4.69) is 15.0 Å². The number of imidazole rings is 1. The molecule has 0 aliphatic carbocycles. The minimum Gasteiger partial charge on any atom is -0.393 e. The number of nitrogens with zero attached hydrogens (tertiary/aromatic N) is 4. The van der Waals surface area contributed by atoms with Crippen molar-refractivity contribution in [2.24, 2.45) is 0 Å². The molecule has 114 valence electrons. The predicted molar refractivity (Wildman–Crippen MR) is 66.3 cm³/mol. The van der Waals surface area contributed by atoms with Crippen molar-refractivity contribution in [3.63, 3.8) is 0 Å². The lowest BCUT2D eigenvalue weighted by molar-refractivity contribution is -0.171. The van der Waals surface area contributed by atoms with Crippen LogP contribution in [-0.2, 0) is 4.74 Å². The van der Waals surface area contributed by atoms with Crippen LogP contribution in [0, 0.1) is 0 Å². The van der Waals surface area contributed by atoms with Crippen molar-refractivity contribution in [3.05, 3.63) is 12.7 Å². The molecule has 3 unspecified atom stereocenters. The van der Waals surface area contributed by atoms with Crippen molar-refractivity contribution in [2.45, 2.75) is 30.8 Å². The van der Waals surface area contributed by atoms with Crippen molar-refractivity contribution in [3.8, 4) is 0 Å². The Morgan fingerprint density at radius 1 is 1.48 bits per heavy atom. The largest absolute Gasteiger partial charge is 0.393 e. The first-order valence-electron chi connectivity index (χ1n) is 6.16. The average molecular weight is 301 g/mol. The lowest BCUT2D eigenvalue weighted by Gasteiger charge is -2.25. The van der Waals surface area contributed by atoms with E-state index in [0.29, 0.717) is 0 Å². The van der Waals surface area contributed by atoms with Crippen LogP contribution in [-0.4, -0.2) is 54.5 Å². The maximum absolute atomic E-state index is 13.1. The molecule has 2 aromatic heterocycles. The van der Waals surface area contributed by atoms with Crippen molar-refractivity contribution in [1.29, 1.82) is 0 Å². The van der Waals surface area contributed by atoms with Gasteiger partial charge in [0.25, 0.3) is 6.43 Å². The Hall–Kier alpha value is -1.91. The molecule has 1 aliphatic heterocycles. The molecule has 0 amide bonds. The second-order valence-electron chi connectivity index (χ2n) is 4.89. The highest BCUT2D eigenvalue weighted by atomic mass is 19.3. The van der Waals surface area contributed by atoms with Crippen molar-refractivity contribution < 1.29 is 23.7 Å². The zero-order valence-electron chi connectivity index (χ0n) is 10.7. The van der Waals surface area contributed by atoms with Crippen LogP contribution < -0.4 is 5.73 Å². The molecule has 8 nitrogen and oxygen atoms in total. The van der Waals surface area contributed by atoms with E-state index in [0.717, 1.165) is 0 Å². The lowest BCUT2D eigenvalue weighted by atomic mass is 10.0. The maximum atomic E-state index is 13.1. The molecule has 3 heterocycles. The Morgan fingerprint density at radius 2 is 2.24 bits per heavy atom. The molecule has 1 aliphatic rings. The third-order valence-electron chi connectivity index (χ3n) is 3.57. The number of rotatable bonds is 3. The maximum Gasteiger partial charge on any atom is 0.269 e. The number of fused-ring (bicyclic) bond motifs is 1. The number of nitrogens with two attached hydrogens (primary N) is 1. The van der Waals surface area contributed by atoms with E-state index < -0.39 is 37.4 Å². The summed E-state index contributed by atoms with van der Waals surface area (Å²) in [6.45, 7) is -0.901. The van der Waals surface area contributed by atoms with Crippen molar-refractivity contribution in [2.75, 3.05) is 12.3 Å². The van der Waals surface area contributed by atoms with Gasteiger partial charge in [0, 0.05) is 6.42 Å². The van der Waals surface area contributed by atoms with Crippen molar-refractivity contribution in [1.82, 2.24) is 19.5 Å². The molecule has 0 radical (unpaired) electrons. The highest BCUT2D eigenvalue weighted by Crippen LogP contribution is 2.41. The molecule has 3 atom stereocenters. The van der Waals surface area contributed by atoms with E-state index in [1.807, 2.05) is 0 Å². The zero-order chi connectivity index (χ0) is 15.2. The van der Waals surface area contributed by atoms with E-state index in [-0.39, 0.29) is 17.0 Å². The number of hydrogen-bond acceptors (Lipinski definition) is 7. The number of hydrogen-bond donors (Lipinski definition) is 3. The molecule has 0 aromatic carbocycles. The van der Waals surface area contributed by atoms with E-state index in [1.54, 1.807) is 0 Å². The third kappa shape index (κ3) is 2.03.